The smallest absolute Gasteiger partial charge is 0.368 e. The zero-order valence-corrected chi connectivity index (χ0v) is 21.6. The fraction of sp³-hybridized carbons (Fsp3) is 0.417. The van der Waals surface area contributed by atoms with Crippen LogP contribution in [-0.4, -0.2) is 69.6 Å². The van der Waals surface area contributed by atoms with Gasteiger partial charge in [0, 0.05) is 45.7 Å². The van der Waals surface area contributed by atoms with Crippen LogP contribution in [0, 0.1) is 0 Å². The highest BCUT2D eigenvalue weighted by Crippen LogP contribution is 2.34. The predicted molar refractivity (Wildman–Crippen MR) is 133 cm³/mol. The van der Waals surface area contributed by atoms with Crippen LogP contribution in [0.4, 0.5) is 13.2 Å². The number of likely N-dealkylation sites (N-methyl/N-ethyl adjacent to an activating group) is 1. The number of hydrogen-bond donors (Lipinski definition) is 1. The van der Waals surface area contributed by atoms with Gasteiger partial charge in [0.2, 0.25) is 15.9 Å². The van der Waals surface area contributed by atoms with Crippen LogP contribution in [0.3, 0.4) is 0 Å². The van der Waals surface area contributed by atoms with E-state index in [9.17, 15) is 26.4 Å². The summed E-state index contributed by atoms with van der Waals surface area (Å²) in [6, 6.07) is 10.1. The molecule has 0 spiro atoms. The summed E-state index contributed by atoms with van der Waals surface area (Å²) in [6.45, 7) is 2.13. The first-order valence-electron chi connectivity index (χ1n) is 11.3. The molecule has 1 aliphatic heterocycles. The van der Waals surface area contributed by atoms with E-state index in [1.165, 1.54) is 7.05 Å². The molecule has 2 aromatic rings. The van der Waals surface area contributed by atoms with Crippen LogP contribution >= 0.6 is 11.6 Å². The Kier molecular flexibility index (Phi) is 9.02. The lowest BCUT2D eigenvalue weighted by Gasteiger charge is -2.20. The third-order valence-electron chi connectivity index (χ3n) is 5.87. The number of rotatable bonds is 10. The van der Waals surface area contributed by atoms with Crippen molar-refractivity contribution >= 4 is 33.4 Å². The lowest BCUT2D eigenvalue weighted by molar-refractivity contribution is -0.137. The van der Waals surface area contributed by atoms with Gasteiger partial charge in [-0.25, -0.2) is 12.7 Å². The second-order valence-corrected chi connectivity index (χ2v) is 10.9. The van der Waals surface area contributed by atoms with Crippen LogP contribution in [-0.2, 0) is 27.4 Å². The van der Waals surface area contributed by atoms with Crippen molar-refractivity contribution in [2.45, 2.75) is 30.3 Å². The van der Waals surface area contributed by atoms with Gasteiger partial charge in [-0.2, -0.15) is 13.2 Å². The maximum absolute atomic E-state index is 12.8. The Bertz CT molecular complexity index is 1220. The number of amidine groups is 1. The van der Waals surface area contributed by atoms with Crippen molar-refractivity contribution in [3.63, 3.8) is 0 Å². The van der Waals surface area contributed by atoms with Gasteiger partial charge in [-0.15, -0.1) is 0 Å². The lowest BCUT2D eigenvalue weighted by atomic mass is 10.1. The number of nitrogens with one attached hydrogen (secondary N) is 1. The van der Waals surface area contributed by atoms with Gasteiger partial charge in [-0.1, -0.05) is 35.9 Å². The van der Waals surface area contributed by atoms with Crippen molar-refractivity contribution < 1.29 is 26.4 Å². The standard InChI is InChI=1S/C24H28ClF3N4O3S/c1-31(15-11-17-5-7-18(8-6-17)23-29-12-13-30-23)22(33)4-3-14-32(2)36(34,35)21-10-9-19(16-20(21)25)24(26,27)28/h5-10,16H,3-4,11-15H2,1-2H3,(H,29,30). The molecule has 196 valence electrons. The average molecular weight is 545 g/mol. The van der Waals surface area contributed by atoms with Crippen LogP contribution in [0.5, 0.6) is 0 Å². The van der Waals surface area contributed by atoms with Crippen molar-refractivity contribution in [1.82, 2.24) is 14.5 Å². The Morgan fingerprint density at radius 1 is 1.11 bits per heavy atom. The Morgan fingerprint density at radius 3 is 2.39 bits per heavy atom. The van der Waals surface area contributed by atoms with Gasteiger partial charge >= 0.3 is 6.18 Å². The molecule has 0 aliphatic carbocycles. The van der Waals surface area contributed by atoms with E-state index in [1.807, 2.05) is 24.3 Å². The van der Waals surface area contributed by atoms with Gasteiger partial charge in [0.05, 0.1) is 17.1 Å². The van der Waals surface area contributed by atoms with Crippen LogP contribution in [0.2, 0.25) is 5.02 Å². The van der Waals surface area contributed by atoms with Crippen molar-refractivity contribution in [1.29, 1.82) is 0 Å². The van der Waals surface area contributed by atoms with Crippen LogP contribution in [0.1, 0.15) is 29.5 Å². The number of carbonyl (C=O) groups is 1. The quantitative estimate of drug-likeness (QED) is 0.493. The van der Waals surface area contributed by atoms with Gasteiger partial charge in [0.15, 0.2) is 0 Å². The highest BCUT2D eigenvalue weighted by Gasteiger charge is 2.32. The van der Waals surface area contributed by atoms with Crippen molar-refractivity contribution in [3.05, 3.63) is 64.2 Å². The molecule has 0 atom stereocenters. The highest BCUT2D eigenvalue weighted by molar-refractivity contribution is 7.89. The molecule has 2 aromatic carbocycles. The van der Waals surface area contributed by atoms with E-state index in [0.29, 0.717) is 25.1 Å². The molecule has 1 amide bonds. The SMILES string of the molecule is CN(CCc1ccc(C2=NCCN2)cc1)C(=O)CCCN(C)S(=O)(=O)c1ccc(C(F)(F)F)cc1Cl. The topological polar surface area (TPSA) is 82.1 Å². The lowest BCUT2D eigenvalue weighted by Crippen LogP contribution is -2.31. The second kappa shape index (κ2) is 11.6. The summed E-state index contributed by atoms with van der Waals surface area (Å²) >= 11 is 5.84. The van der Waals surface area contributed by atoms with Crippen molar-refractivity contribution in [3.8, 4) is 0 Å². The number of aliphatic imine (C=N–C) groups is 1. The molecule has 7 nitrogen and oxygen atoms in total. The maximum atomic E-state index is 12.8. The largest absolute Gasteiger partial charge is 0.416 e. The van der Waals surface area contributed by atoms with Crippen LogP contribution in [0.15, 0.2) is 52.4 Å². The minimum atomic E-state index is -4.63. The van der Waals surface area contributed by atoms with E-state index in [2.05, 4.69) is 10.3 Å². The molecule has 1 N–H and O–H groups in total. The first-order chi connectivity index (χ1) is 16.9. The van der Waals surface area contributed by atoms with Gasteiger partial charge in [0.1, 0.15) is 10.7 Å². The fourth-order valence-corrected chi connectivity index (χ4v) is 5.38. The van der Waals surface area contributed by atoms with E-state index >= 15 is 0 Å². The Hall–Kier alpha value is -2.63. The Morgan fingerprint density at radius 2 is 1.81 bits per heavy atom. The minimum absolute atomic E-state index is 0.0125. The first kappa shape index (κ1) is 27.9. The number of sulfonamides is 1. The first-order valence-corrected chi connectivity index (χ1v) is 13.2. The third kappa shape index (κ3) is 6.98. The molecular formula is C24H28ClF3N4O3S. The number of alkyl halides is 3. The highest BCUT2D eigenvalue weighted by atomic mass is 35.5. The van der Waals surface area contributed by atoms with Gasteiger partial charge in [-0.3, -0.25) is 9.79 Å². The zero-order chi connectivity index (χ0) is 26.5. The van der Waals surface area contributed by atoms with E-state index in [1.54, 1.807) is 11.9 Å². The summed E-state index contributed by atoms with van der Waals surface area (Å²) in [6.07, 6.45) is -3.58. The molecule has 36 heavy (non-hydrogen) atoms. The molecule has 1 aliphatic rings. The summed E-state index contributed by atoms with van der Waals surface area (Å²) in [7, 11) is -1.12. The van der Waals surface area contributed by atoms with Gasteiger partial charge < -0.3 is 10.2 Å². The molecule has 1 heterocycles. The van der Waals surface area contributed by atoms with E-state index in [-0.39, 0.29) is 25.3 Å². The molecule has 0 aromatic heterocycles. The normalized spacial score (nSPS) is 14.0. The number of hydrogen-bond acceptors (Lipinski definition) is 5. The predicted octanol–water partition coefficient (Wildman–Crippen LogP) is 3.81. The summed E-state index contributed by atoms with van der Waals surface area (Å²) in [5.41, 5.74) is 1.08. The molecule has 0 saturated carbocycles. The molecule has 3 rings (SSSR count). The fourth-order valence-electron chi connectivity index (χ4n) is 3.66. The molecule has 0 unspecified atom stereocenters. The van der Waals surface area contributed by atoms with Gasteiger partial charge in [-0.05, 0) is 36.6 Å². The summed E-state index contributed by atoms with van der Waals surface area (Å²) in [5, 5.41) is 2.72. The number of halogens is 4. The minimum Gasteiger partial charge on any atom is -0.368 e. The molecule has 0 fully saturated rings. The monoisotopic (exact) mass is 544 g/mol. The van der Waals surface area contributed by atoms with Crippen molar-refractivity contribution in [2.75, 3.05) is 40.3 Å². The van der Waals surface area contributed by atoms with Gasteiger partial charge in [0.25, 0.3) is 0 Å². The molecule has 12 heteroatoms. The Balaban J connectivity index is 1.47. The summed E-state index contributed by atoms with van der Waals surface area (Å²) in [4.78, 5) is 18.1. The zero-order valence-electron chi connectivity index (χ0n) is 20.0. The molecule has 0 bridgehead atoms. The molecule has 0 radical (unpaired) electrons. The average Bonchev–Trinajstić information content (AvgIpc) is 3.37. The molecular weight excluding hydrogens is 517 g/mol. The van der Waals surface area contributed by atoms with Crippen LogP contribution < -0.4 is 5.32 Å². The third-order valence-corrected chi connectivity index (χ3v) is 8.21. The number of carbonyl (C=O) groups excluding carboxylic acids is 1. The summed E-state index contributed by atoms with van der Waals surface area (Å²) < 4.78 is 65.0. The maximum Gasteiger partial charge on any atom is 0.416 e. The number of benzene rings is 2. The second-order valence-electron chi connectivity index (χ2n) is 8.49. The van der Waals surface area contributed by atoms with E-state index < -0.39 is 31.7 Å². The number of nitrogens with zero attached hydrogens (tertiary/aromatic N) is 3. The number of amides is 1. The van der Waals surface area contributed by atoms with E-state index in [4.69, 9.17) is 11.6 Å². The van der Waals surface area contributed by atoms with Crippen molar-refractivity contribution in [2.24, 2.45) is 4.99 Å². The van der Waals surface area contributed by atoms with E-state index in [0.717, 1.165) is 40.4 Å². The molecule has 0 saturated heterocycles. The van der Waals surface area contributed by atoms with Crippen LogP contribution in [0.25, 0.3) is 0 Å². The summed E-state index contributed by atoms with van der Waals surface area (Å²) in [5.74, 6) is 0.760. The Labute approximate surface area is 214 Å².